The number of Topliss-reactive ketones (excluding diaryl/α,β-unsaturated/α-hetero) is 1. The lowest BCUT2D eigenvalue weighted by molar-refractivity contribution is 0.103. The molecule has 0 amide bonds. The number of carbonyl (C=O) groups is 1. The molecular formula is C17H13NO5S. The highest BCUT2D eigenvalue weighted by Crippen LogP contribution is 2.26. The third-order valence-electron chi connectivity index (χ3n) is 3.21. The number of ether oxygens (including phenoxy) is 1. The van der Waals surface area contributed by atoms with Crippen LogP contribution in [0.1, 0.15) is 16.1 Å². The number of furan rings is 1. The molecule has 24 heavy (non-hydrogen) atoms. The average Bonchev–Trinajstić information content (AvgIpc) is 3.20. The third-order valence-corrected chi connectivity index (χ3v) is 4.17. The minimum Gasteiger partial charge on any atom is -0.504 e. The Morgan fingerprint density at radius 1 is 1.38 bits per heavy atom. The van der Waals surface area contributed by atoms with E-state index in [2.05, 4.69) is 4.98 Å². The normalized spacial score (nSPS) is 12.5. The summed E-state index contributed by atoms with van der Waals surface area (Å²) in [6.45, 7) is 0. The van der Waals surface area contributed by atoms with Gasteiger partial charge in [0, 0.05) is 6.08 Å². The van der Waals surface area contributed by atoms with E-state index in [1.54, 1.807) is 30.3 Å². The summed E-state index contributed by atoms with van der Waals surface area (Å²) in [6.07, 6.45) is 4.38. The van der Waals surface area contributed by atoms with Gasteiger partial charge in [-0.25, -0.2) is 0 Å². The number of rotatable bonds is 4. The van der Waals surface area contributed by atoms with Gasteiger partial charge in [0.15, 0.2) is 17.3 Å². The van der Waals surface area contributed by atoms with E-state index in [0.29, 0.717) is 20.5 Å². The van der Waals surface area contributed by atoms with Crippen LogP contribution in [0.4, 0.5) is 0 Å². The molecule has 0 bridgehead atoms. The van der Waals surface area contributed by atoms with Crippen molar-refractivity contribution in [2.24, 2.45) is 0 Å². The number of hydrogen-bond acceptors (Lipinski definition) is 6. The van der Waals surface area contributed by atoms with Gasteiger partial charge in [-0.2, -0.15) is 0 Å². The molecule has 0 saturated carbocycles. The summed E-state index contributed by atoms with van der Waals surface area (Å²) < 4.78 is 10.9. The first-order chi connectivity index (χ1) is 11.6. The number of ketones is 1. The fraction of sp³-hybridized carbons (Fsp3) is 0.0588. The second-order valence-corrected chi connectivity index (χ2v) is 5.93. The number of phenols is 1. The molecule has 0 aliphatic rings. The first-order valence-electron chi connectivity index (χ1n) is 6.94. The number of hydrogen-bond donors (Lipinski definition) is 2. The second-order valence-electron chi connectivity index (χ2n) is 4.85. The Labute approximate surface area is 140 Å². The highest BCUT2D eigenvalue weighted by atomic mass is 32.1. The molecule has 0 aliphatic carbocycles. The highest BCUT2D eigenvalue weighted by molar-refractivity contribution is 7.07. The molecule has 0 atom stereocenters. The van der Waals surface area contributed by atoms with Crippen LogP contribution < -0.4 is 19.5 Å². The molecule has 0 radical (unpaired) electrons. The average molecular weight is 343 g/mol. The number of nitrogens with one attached hydrogen (secondary N) is 1. The fourth-order valence-electron chi connectivity index (χ4n) is 2.07. The second kappa shape index (κ2) is 6.59. The molecule has 6 nitrogen and oxygen atoms in total. The first-order valence-corrected chi connectivity index (χ1v) is 7.76. The SMILES string of the molecule is COc1cc(/C=c2/s/c(=C\C(=O)c3ccco3)[nH]c2=O)ccc1O. The van der Waals surface area contributed by atoms with E-state index in [1.165, 1.54) is 25.5 Å². The van der Waals surface area contributed by atoms with Crippen LogP contribution in [0.15, 0.2) is 45.8 Å². The summed E-state index contributed by atoms with van der Waals surface area (Å²) in [5.74, 6) is 0.220. The van der Waals surface area contributed by atoms with Crippen LogP contribution in [0, 0.1) is 0 Å². The number of H-pyrrole nitrogens is 1. The van der Waals surface area contributed by atoms with Crippen molar-refractivity contribution in [1.29, 1.82) is 0 Å². The van der Waals surface area contributed by atoms with Gasteiger partial charge in [0.1, 0.15) is 0 Å². The Hall–Kier alpha value is -3.06. The number of phenolic OH excluding ortho intramolecular Hbond substituents is 1. The van der Waals surface area contributed by atoms with Gasteiger partial charge < -0.3 is 19.2 Å². The van der Waals surface area contributed by atoms with E-state index >= 15 is 0 Å². The molecule has 2 heterocycles. The van der Waals surface area contributed by atoms with Gasteiger partial charge in [0.25, 0.3) is 5.56 Å². The number of benzene rings is 1. The molecule has 7 heteroatoms. The van der Waals surface area contributed by atoms with E-state index in [1.807, 2.05) is 0 Å². The molecule has 2 aromatic heterocycles. The van der Waals surface area contributed by atoms with Crippen molar-refractivity contribution >= 4 is 29.3 Å². The zero-order chi connectivity index (χ0) is 17.1. The summed E-state index contributed by atoms with van der Waals surface area (Å²) in [7, 11) is 1.45. The molecule has 0 unspecified atom stereocenters. The highest BCUT2D eigenvalue weighted by Gasteiger charge is 2.06. The lowest BCUT2D eigenvalue weighted by Gasteiger charge is -2.03. The van der Waals surface area contributed by atoms with E-state index in [0.717, 1.165) is 11.3 Å². The zero-order valence-corrected chi connectivity index (χ0v) is 13.4. The number of aromatic hydroxyl groups is 1. The van der Waals surface area contributed by atoms with Gasteiger partial charge in [-0.05, 0) is 35.9 Å². The van der Waals surface area contributed by atoms with Gasteiger partial charge in [-0.15, -0.1) is 11.3 Å². The maximum atomic E-state index is 12.0. The van der Waals surface area contributed by atoms with Crippen molar-refractivity contribution in [3.05, 3.63) is 67.5 Å². The molecule has 1 aromatic carbocycles. The van der Waals surface area contributed by atoms with Crippen LogP contribution in [0.25, 0.3) is 12.2 Å². The minimum atomic E-state index is -0.324. The number of thiazole rings is 1. The van der Waals surface area contributed by atoms with Crippen molar-refractivity contribution in [2.45, 2.75) is 0 Å². The minimum absolute atomic E-state index is 0.0211. The van der Waals surface area contributed by atoms with Crippen molar-refractivity contribution in [3.63, 3.8) is 0 Å². The molecule has 0 aliphatic heterocycles. The smallest absolute Gasteiger partial charge is 0.266 e. The molecule has 0 spiro atoms. The van der Waals surface area contributed by atoms with Gasteiger partial charge in [-0.3, -0.25) is 9.59 Å². The predicted molar refractivity (Wildman–Crippen MR) is 89.9 cm³/mol. The Bertz CT molecular complexity index is 1040. The van der Waals surface area contributed by atoms with E-state index < -0.39 is 0 Å². The summed E-state index contributed by atoms with van der Waals surface area (Å²) >= 11 is 1.15. The number of aromatic amines is 1. The van der Waals surface area contributed by atoms with Crippen molar-refractivity contribution in [1.82, 2.24) is 4.98 Å². The molecule has 3 rings (SSSR count). The van der Waals surface area contributed by atoms with Crippen LogP contribution in [-0.2, 0) is 0 Å². The summed E-state index contributed by atoms with van der Waals surface area (Å²) in [5, 5.41) is 9.59. The fourth-order valence-corrected chi connectivity index (χ4v) is 2.95. The van der Waals surface area contributed by atoms with E-state index in [-0.39, 0.29) is 22.9 Å². The molecule has 122 valence electrons. The lowest BCUT2D eigenvalue weighted by atomic mass is 10.2. The maximum Gasteiger partial charge on any atom is 0.266 e. The summed E-state index contributed by atoms with van der Waals surface area (Å²) in [5.41, 5.74) is 0.395. The Kier molecular flexibility index (Phi) is 4.35. The molecule has 0 saturated heterocycles. The van der Waals surface area contributed by atoms with Crippen molar-refractivity contribution in [2.75, 3.05) is 7.11 Å². The van der Waals surface area contributed by atoms with Gasteiger partial charge in [-0.1, -0.05) is 6.07 Å². The summed E-state index contributed by atoms with van der Waals surface area (Å²) in [4.78, 5) is 26.6. The predicted octanol–water partition coefficient (Wildman–Crippen LogP) is 1.24. The van der Waals surface area contributed by atoms with Crippen molar-refractivity contribution < 1.29 is 19.1 Å². The van der Waals surface area contributed by atoms with Crippen LogP contribution in [0.5, 0.6) is 11.5 Å². The van der Waals surface area contributed by atoms with Crippen LogP contribution in [-0.4, -0.2) is 23.0 Å². The zero-order valence-electron chi connectivity index (χ0n) is 12.6. The topological polar surface area (TPSA) is 92.5 Å². The monoisotopic (exact) mass is 343 g/mol. The molecule has 3 aromatic rings. The third kappa shape index (κ3) is 3.31. The number of aromatic nitrogens is 1. The van der Waals surface area contributed by atoms with E-state index in [4.69, 9.17) is 9.15 Å². The summed E-state index contributed by atoms with van der Waals surface area (Å²) in [6, 6.07) is 7.94. The van der Waals surface area contributed by atoms with Gasteiger partial charge in [0.2, 0.25) is 5.78 Å². The maximum absolute atomic E-state index is 12.0. The van der Waals surface area contributed by atoms with Gasteiger partial charge >= 0.3 is 0 Å². The van der Waals surface area contributed by atoms with Crippen LogP contribution in [0.2, 0.25) is 0 Å². The number of carbonyl (C=O) groups excluding carboxylic acids is 1. The van der Waals surface area contributed by atoms with Gasteiger partial charge in [0.05, 0.1) is 22.6 Å². The van der Waals surface area contributed by atoms with Crippen LogP contribution in [0.3, 0.4) is 0 Å². The number of methoxy groups -OCH3 is 1. The lowest BCUT2D eigenvalue weighted by Crippen LogP contribution is -2.20. The van der Waals surface area contributed by atoms with E-state index in [9.17, 15) is 14.7 Å². The first kappa shape index (κ1) is 15.8. The Morgan fingerprint density at radius 2 is 2.21 bits per heavy atom. The Balaban J connectivity index is 2.00. The van der Waals surface area contributed by atoms with Crippen LogP contribution >= 0.6 is 11.3 Å². The quantitative estimate of drug-likeness (QED) is 0.695. The van der Waals surface area contributed by atoms with Crippen molar-refractivity contribution in [3.8, 4) is 11.5 Å². The largest absolute Gasteiger partial charge is 0.504 e. The molecular weight excluding hydrogens is 330 g/mol. The standard InChI is InChI=1S/C17H13NO5S/c1-22-14-7-10(4-5-11(14)19)8-15-17(21)18-16(24-15)9-12(20)13-3-2-6-23-13/h2-9,19H,1H3,(H,18,21)/b15-8+,16-9-. The molecule has 2 N–H and O–H groups in total. The Morgan fingerprint density at radius 3 is 2.92 bits per heavy atom. The molecule has 0 fully saturated rings.